The maximum atomic E-state index is 15.1. The number of benzene rings is 2. The molecular weight excluding hydrogens is 700 g/mol. The van der Waals surface area contributed by atoms with Crippen molar-refractivity contribution >= 4 is 42.7 Å². The van der Waals surface area contributed by atoms with Crippen LogP contribution in [0.1, 0.15) is 75.2 Å². The number of hydrogen-bond donors (Lipinski definition) is 0. The number of allylic oxidation sites excluding steroid dienone is 1. The average molecular weight is 771 g/mol. The van der Waals surface area contributed by atoms with E-state index in [-0.39, 0.29) is 33.4 Å². The maximum absolute atomic E-state index is 15.1. The first-order valence-corrected chi connectivity index (χ1v) is 29.5. The Hall–Kier alpha value is -1.36. The molecule has 0 bridgehead atoms. The van der Waals surface area contributed by atoms with Gasteiger partial charge < -0.3 is 22.6 Å². The molecule has 0 aromatic heterocycles. The predicted octanol–water partition coefficient (Wildman–Crippen LogP) is 11.5. The Morgan fingerprint density at radius 2 is 1.16 bits per heavy atom. The van der Waals surface area contributed by atoms with Crippen LogP contribution in [-0.4, -0.2) is 62.6 Å². The fraction of sp³-hybridized carbons (Fsp3) is 0.619. The Morgan fingerprint density at radius 3 is 1.61 bits per heavy atom. The van der Waals surface area contributed by atoms with Crippen LogP contribution < -0.4 is 10.6 Å². The molecule has 0 unspecified atom stereocenters. The van der Waals surface area contributed by atoms with Crippen molar-refractivity contribution in [3.63, 3.8) is 0 Å². The standard InChI is InChI=1S/C42H71O5PSi3/c1-33-34(28-31-48(43,35-24-19-17-20-25-35)36-26-21-18-22-27-36)32-37(46-50(13,14)41(5,6)7)39(38(33)47-51(15,16)42(8,9)10)44-29-23-30-45-49(11,12)40(2,3)4/h17-22,24-28,37-39H,1,23,29-32H2,2-16H3/b34-28-/t37-,38+,39+/m0/s1. The van der Waals surface area contributed by atoms with Gasteiger partial charge in [-0.1, -0.05) is 136 Å². The molecule has 5 nitrogen and oxygen atoms in total. The molecule has 0 aliphatic heterocycles. The minimum absolute atomic E-state index is 0.0116. The lowest BCUT2D eigenvalue weighted by molar-refractivity contribution is -0.0879. The van der Waals surface area contributed by atoms with Crippen molar-refractivity contribution in [1.29, 1.82) is 0 Å². The Kier molecular flexibility index (Phi) is 14.3. The quantitative estimate of drug-likeness (QED) is 0.109. The number of ether oxygens (including phenoxy) is 1. The van der Waals surface area contributed by atoms with Gasteiger partial charge in [0.05, 0.1) is 12.2 Å². The average Bonchev–Trinajstić information content (AvgIpc) is 3.01. The van der Waals surface area contributed by atoms with E-state index in [1.54, 1.807) is 0 Å². The summed E-state index contributed by atoms with van der Waals surface area (Å²) in [5, 5.41) is 1.88. The molecule has 0 amide bonds. The highest BCUT2D eigenvalue weighted by Gasteiger charge is 2.49. The molecule has 3 rings (SSSR count). The zero-order chi connectivity index (χ0) is 38.7. The van der Waals surface area contributed by atoms with Crippen LogP contribution in [0.5, 0.6) is 0 Å². The molecule has 2 aromatic rings. The van der Waals surface area contributed by atoms with Gasteiger partial charge in [0.15, 0.2) is 25.0 Å². The Labute approximate surface area is 315 Å². The van der Waals surface area contributed by atoms with Crippen LogP contribution in [-0.2, 0) is 22.6 Å². The van der Waals surface area contributed by atoms with Gasteiger partial charge >= 0.3 is 0 Å². The second-order valence-corrected chi connectivity index (χ2v) is 36.3. The molecular formula is C42H71O5PSi3. The predicted molar refractivity (Wildman–Crippen MR) is 228 cm³/mol. The summed E-state index contributed by atoms with van der Waals surface area (Å²) in [5.74, 6) is 0. The van der Waals surface area contributed by atoms with Crippen molar-refractivity contribution in [1.82, 2.24) is 0 Å². The highest BCUT2D eigenvalue weighted by atomic mass is 31.2. The van der Waals surface area contributed by atoms with Crippen LogP contribution in [0.2, 0.25) is 54.4 Å². The van der Waals surface area contributed by atoms with Crippen molar-refractivity contribution in [2.75, 3.05) is 19.4 Å². The van der Waals surface area contributed by atoms with Crippen molar-refractivity contribution in [3.8, 4) is 0 Å². The third-order valence-corrected chi connectivity index (χ3v) is 28.6. The first-order chi connectivity index (χ1) is 23.2. The van der Waals surface area contributed by atoms with E-state index in [1.807, 2.05) is 60.7 Å². The zero-order valence-corrected chi connectivity index (χ0v) is 38.7. The summed E-state index contributed by atoms with van der Waals surface area (Å²) >= 11 is 0. The lowest BCUT2D eigenvalue weighted by atomic mass is 9.84. The summed E-state index contributed by atoms with van der Waals surface area (Å²) in [4.78, 5) is 0. The van der Waals surface area contributed by atoms with E-state index in [1.165, 1.54) is 0 Å². The van der Waals surface area contributed by atoms with Crippen LogP contribution in [0.15, 0.2) is 84.5 Å². The Morgan fingerprint density at radius 1 is 0.706 bits per heavy atom. The van der Waals surface area contributed by atoms with Gasteiger partial charge in [-0.3, -0.25) is 0 Å². The molecule has 0 N–H and O–H groups in total. The van der Waals surface area contributed by atoms with E-state index in [9.17, 15) is 0 Å². The number of hydrogen-bond acceptors (Lipinski definition) is 5. The molecule has 0 radical (unpaired) electrons. The van der Waals surface area contributed by atoms with Crippen molar-refractivity contribution < 1.29 is 22.6 Å². The molecule has 0 spiro atoms. The van der Waals surface area contributed by atoms with Crippen LogP contribution >= 0.6 is 7.14 Å². The molecule has 0 heterocycles. The van der Waals surface area contributed by atoms with E-state index in [2.05, 4.69) is 108 Å². The summed E-state index contributed by atoms with van der Waals surface area (Å²) in [6.07, 6.45) is 3.08. The first-order valence-electron chi connectivity index (χ1n) is 18.9. The van der Waals surface area contributed by atoms with Gasteiger partial charge in [0.25, 0.3) is 0 Å². The minimum Gasteiger partial charge on any atom is -0.417 e. The molecule has 1 aliphatic carbocycles. The Balaban J connectivity index is 2.07. The van der Waals surface area contributed by atoms with Crippen LogP contribution in [0.4, 0.5) is 0 Å². The van der Waals surface area contributed by atoms with E-state index in [0.29, 0.717) is 25.8 Å². The molecule has 0 saturated heterocycles. The van der Waals surface area contributed by atoms with Crippen LogP contribution in [0, 0.1) is 0 Å². The molecule has 1 aliphatic rings. The first kappa shape index (κ1) is 44.0. The van der Waals surface area contributed by atoms with Gasteiger partial charge in [-0.25, -0.2) is 0 Å². The summed E-state index contributed by atoms with van der Waals surface area (Å²) in [5.41, 5.74) is 1.99. The molecule has 51 heavy (non-hydrogen) atoms. The lowest BCUT2D eigenvalue weighted by Crippen LogP contribution is -2.57. The van der Waals surface area contributed by atoms with E-state index in [4.69, 9.17) is 24.6 Å². The molecule has 1 fully saturated rings. The van der Waals surface area contributed by atoms with Crippen molar-refractivity contribution in [3.05, 3.63) is 84.5 Å². The minimum atomic E-state index is -2.98. The van der Waals surface area contributed by atoms with Gasteiger partial charge in [-0.2, -0.15) is 0 Å². The second-order valence-electron chi connectivity index (χ2n) is 19.1. The highest BCUT2D eigenvalue weighted by molar-refractivity contribution is 7.78. The van der Waals surface area contributed by atoms with Crippen molar-refractivity contribution in [2.45, 2.75) is 148 Å². The van der Waals surface area contributed by atoms with E-state index in [0.717, 1.165) is 28.2 Å². The smallest absolute Gasteiger partial charge is 0.193 e. The fourth-order valence-corrected chi connectivity index (χ4v) is 11.7. The largest absolute Gasteiger partial charge is 0.417 e. The fourth-order valence-electron chi connectivity index (χ4n) is 5.50. The highest BCUT2D eigenvalue weighted by Crippen LogP contribution is 2.48. The molecule has 9 heteroatoms. The zero-order valence-electron chi connectivity index (χ0n) is 34.8. The van der Waals surface area contributed by atoms with Gasteiger partial charge in [-0.05, 0) is 72.0 Å². The second kappa shape index (κ2) is 16.6. The topological polar surface area (TPSA) is 54.0 Å². The van der Waals surface area contributed by atoms with E-state index < -0.39 is 32.1 Å². The SMILES string of the molecule is C=C1/C(=C\CP(=O)(c2ccccc2)c2ccccc2)C[C@H](O[Si](C)(C)C(C)(C)C)[C@@H](OCCCO[Si](C)(C)C(C)(C)C)[C@@H]1O[Si](C)(C)C(C)(C)C. The van der Waals surface area contributed by atoms with Crippen LogP contribution in [0.3, 0.4) is 0 Å². The van der Waals surface area contributed by atoms with Gasteiger partial charge in [-0.15, -0.1) is 0 Å². The lowest BCUT2D eigenvalue weighted by Gasteiger charge is -2.49. The molecule has 1 saturated carbocycles. The molecule has 286 valence electrons. The normalized spacial score (nSPS) is 21.0. The summed E-state index contributed by atoms with van der Waals surface area (Å²) < 4.78 is 43.1. The van der Waals surface area contributed by atoms with Gasteiger partial charge in [0.2, 0.25) is 0 Å². The maximum Gasteiger partial charge on any atom is 0.193 e. The summed E-state index contributed by atoms with van der Waals surface area (Å²) in [6.45, 7) is 40.3. The summed E-state index contributed by atoms with van der Waals surface area (Å²) in [7, 11) is -9.35. The van der Waals surface area contributed by atoms with Gasteiger partial charge in [0, 0.05) is 36.4 Å². The summed E-state index contributed by atoms with van der Waals surface area (Å²) in [6, 6.07) is 19.8. The van der Waals surface area contributed by atoms with Gasteiger partial charge in [0.1, 0.15) is 13.2 Å². The Bertz CT molecular complexity index is 1470. The number of rotatable bonds is 14. The molecule has 2 aromatic carbocycles. The van der Waals surface area contributed by atoms with E-state index >= 15 is 4.57 Å². The third-order valence-electron chi connectivity index (χ3n) is 12.1. The van der Waals surface area contributed by atoms with Crippen LogP contribution in [0.25, 0.3) is 0 Å². The molecule has 3 atom stereocenters. The third kappa shape index (κ3) is 10.9. The monoisotopic (exact) mass is 770 g/mol. The van der Waals surface area contributed by atoms with Crippen molar-refractivity contribution in [2.24, 2.45) is 0 Å².